The summed E-state index contributed by atoms with van der Waals surface area (Å²) >= 11 is 0. The number of unbranched alkanes of at least 4 members (excludes halogenated alkanes) is 1. The number of nitrogens with one attached hydrogen (secondary N) is 2. The maximum atomic E-state index is 5.26. The van der Waals surface area contributed by atoms with Gasteiger partial charge in [0.15, 0.2) is 5.96 Å². The zero-order chi connectivity index (χ0) is 17.0. The lowest BCUT2D eigenvalue weighted by Gasteiger charge is -2.42. The molecule has 144 valence electrons. The highest BCUT2D eigenvalue weighted by atomic mass is 127. The Labute approximate surface area is 166 Å². The molecular formula is C18H39IN4O. The van der Waals surface area contributed by atoms with Crippen LogP contribution in [-0.4, -0.2) is 64.3 Å². The van der Waals surface area contributed by atoms with Gasteiger partial charge in [-0.25, -0.2) is 0 Å². The van der Waals surface area contributed by atoms with Gasteiger partial charge in [-0.05, 0) is 57.2 Å². The Hall–Kier alpha value is -0.0800. The highest BCUT2D eigenvalue weighted by molar-refractivity contribution is 14.0. The van der Waals surface area contributed by atoms with Crippen molar-refractivity contribution in [2.24, 2.45) is 10.4 Å². The van der Waals surface area contributed by atoms with E-state index in [0.29, 0.717) is 5.41 Å². The first-order valence-corrected chi connectivity index (χ1v) is 9.35. The predicted molar refractivity (Wildman–Crippen MR) is 115 cm³/mol. The third kappa shape index (κ3) is 8.85. The number of aliphatic imine (C=N–C) groups is 1. The Balaban J connectivity index is 0.00000529. The van der Waals surface area contributed by atoms with Gasteiger partial charge in [-0.3, -0.25) is 4.99 Å². The van der Waals surface area contributed by atoms with Crippen molar-refractivity contribution in [1.29, 1.82) is 0 Å². The number of hydrogen-bond acceptors (Lipinski definition) is 3. The molecule has 0 unspecified atom stereocenters. The molecule has 0 saturated heterocycles. The Kier molecular flexibility index (Phi) is 14.1. The van der Waals surface area contributed by atoms with Crippen molar-refractivity contribution in [3.05, 3.63) is 0 Å². The molecule has 0 aromatic carbocycles. The molecule has 1 aliphatic rings. The van der Waals surface area contributed by atoms with Crippen LogP contribution in [0, 0.1) is 5.41 Å². The zero-order valence-corrected chi connectivity index (χ0v) is 18.5. The predicted octanol–water partition coefficient (Wildman–Crippen LogP) is 3.10. The smallest absolute Gasteiger partial charge is 0.190 e. The van der Waals surface area contributed by atoms with E-state index in [1.807, 2.05) is 7.05 Å². The summed E-state index contributed by atoms with van der Waals surface area (Å²) in [6.07, 6.45) is 7.55. The molecule has 1 saturated carbocycles. The van der Waals surface area contributed by atoms with E-state index in [4.69, 9.17) is 4.74 Å². The van der Waals surface area contributed by atoms with E-state index in [-0.39, 0.29) is 24.0 Å². The minimum absolute atomic E-state index is 0. The van der Waals surface area contributed by atoms with Gasteiger partial charge in [-0.2, -0.15) is 0 Å². The fraction of sp³-hybridized carbons (Fsp3) is 0.944. The average Bonchev–Trinajstić information content (AvgIpc) is 2.54. The Morgan fingerprint density at radius 3 is 2.38 bits per heavy atom. The van der Waals surface area contributed by atoms with Gasteiger partial charge in [0.1, 0.15) is 0 Å². The molecule has 0 spiro atoms. The van der Waals surface area contributed by atoms with Gasteiger partial charge in [0.05, 0.1) is 0 Å². The van der Waals surface area contributed by atoms with Gasteiger partial charge in [0.25, 0.3) is 0 Å². The first kappa shape index (κ1) is 23.9. The maximum Gasteiger partial charge on any atom is 0.190 e. The summed E-state index contributed by atoms with van der Waals surface area (Å²) in [4.78, 5) is 6.82. The molecule has 0 bridgehead atoms. The highest BCUT2D eigenvalue weighted by Crippen LogP contribution is 2.43. The van der Waals surface area contributed by atoms with E-state index in [9.17, 15) is 0 Å². The Morgan fingerprint density at radius 2 is 1.88 bits per heavy atom. The molecule has 24 heavy (non-hydrogen) atoms. The zero-order valence-electron chi connectivity index (χ0n) is 16.2. The van der Waals surface area contributed by atoms with Crippen LogP contribution in [0.3, 0.4) is 0 Å². The molecule has 1 aliphatic carbocycles. The lowest BCUT2D eigenvalue weighted by molar-refractivity contribution is 0.0732. The minimum Gasteiger partial charge on any atom is -0.385 e. The quantitative estimate of drug-likeness (QED) is 0.206. The Morgan fingerprint density at radius 1 is 1.17 bits per heavy atom. The first-order valence-electron chi connectivity index (χ1n) is 9.35. The summed E-state index contributed by atoms with van der Waals surface area (Å²) in [5.74, 6) is 0.941. The average molecular weight is 454 g/mol. The van der Waals surface area contributed by atoms with Crippen LogP contribution in [0.5, 0.6) is 0 Å². The molecule has 0 aliphatic heterocycles. The van der Waals surface area contributed by atoms with E-state index in [0.717, 1.165) is 45.2 Å². The number of rotatable bonds is 12. The molecule has 1 fully saturated rings. The molecule has 0 heterocycles. The van der Waals surface area contributed by atoms with Gasteiger partial charge < -0.3 is 20.3 Å². The number of nitrogens with zero attached hydrogens (tertiary/aromatic N) is 2. The standard InChI is InChI=1S/C18H38N4O.HI/c1-5-22(6-2)14-8-7-13-20-17(19-3)21-16-18(10-9-11-18)12-15-23-4;/h5-16H2,1-4H3,(H2,19,20,21);1H. The van der Waals surface area contributed by atoms with Crippen molar-refractivity contribution in [2.75, 3.05) is 53.5 Å². The van der Waals surface area contributed by atoms with Crippen molar-refractivity contribution < 1.29 is 4.74 Å². The van der Waals surface area contributed by atoms with Gasteiger partial charge in [0, 0.05) is 33.9 Å². The normalized spacial score (nSPS) is 16.5. The van der Waals surface area contributed by atoms with Crippen molar-refractivity contribution in [3.8, 4) is 0 Å². The fourth-order valence-corrected chi connectivity index (χ4v) is 3.21. The number of hydrogen-bond donors (Lipinski definition) is 2. The van der Waals surface area contributed by atoms with Gasteiger partial charge in [0.2, 0.25) is 0 Å². The molecule has 5 nitrogen and oxygen atoms in total. The van der Waals surface area contributed by atoms with Crippen LogP contribution in [0.4, 0.5) is 0 Å². The monoisotopic (exact) mass is 454 g/mol. The first-order chi connectivity index (χ1) is 11.2. The van der Waals surface area contributed by atoms with E-state index in [1.165, 1.54) is 38.6 Å². The molecular weight excluding hydrogens is 415 g/mol. The van der Waals surface area contributed by atoms with E-state index >= 15 is 0 Å². The second-order valence-corrected chi connectivity index (χ2v) is 6.68. The highest BCUT2D eigenvalue weighted by Gasteiger charge is 2.36. The van der Waals surface area contributed by atoms with Crippen LogP contribution in [0.25, 0.3) is 0 Å². The third-order valence-electron chi connectivity index (χ3n) is 5.19. The molecule has 0 aromatic heterocycles. The molecule has 0 atom stereocenters. The summed E-state index contributed by atoms with van der Waals surface area (Å²) < 4.78 is 5.26. The van der Waals surface area contributed by atoms with Crippen LogP contribution in [0.2, 0.25) is 0 Å². The van der Waals surface area contributed by atoms with Crippen LogP contribution < -0.4 is 10.6 Å². The molecule has 0 radical (unpaired) electrons. The summed E-state index contributed by atoms with van der Waals surface area (Å²) in [5.41, 5.74) is 0.427. The lowest BCUT2D eigenvalue weighted by Crippen LogP contribution is -2.47. The van der Waals surface area contributed by atoms with E-state index < -0.39 is 0 Å². The van der Waals surface area contributed by atoms with Crippen molar-refractivity contribution in [3.63, 3.8) is 0 Å². The second-order valence-electron chi connectivity index (χ2n) is 6.68. The molecule has 0 amide bonds. The third-order valence-corrected chi connectivity index (χ3v) is 5.19. The second kappa shape index (κ2) is 14.1. The molecule has 1 rings (SSSR count). The number of halogens is 1. The van der Waals surface area contributed by atoms with E-state index in [2.05, 4.69) is 34.4 Å². The Bertz CT molecular complexity index is 331. The van der Waals surface area contributed by atoms with Crippen LogP contribution in [0.15, 0.2) is 4.99 Å². The summed E-state index contributed by atoms with van der Waals surface area (Å²) in [7, 11) is 3.65. The van der Waals surface area contributed by atoms with Crippen molar-refractivity contribution in [1.82, 2.24) is 15.5 Å². The molecule has 2 N–H and O–H groups in total. The van der Waals surface area contributed by atoms with Gasteiger partial charge in [-0.15, -0.1) is 24.0 Å². The SMILES string of the molecule is CCN(CC)CCCCNC(=NC)NCC1(CCOC)CCC1.I. The van der Waals surface area contributed by atoms with Crippen LogP contribution >= 0.6 is 24.0 Å². The molecule has 6 heteroatoms. The summed E-state index contributed by atoms with van der Waals surface area (Å²) in [6, 6.07) is 0. The summed E-state index contributed by atoms with van der Waals surface area (Å²) in [5, 5.41) is 6.96. The number of methoxy groups -OCH3 is 1. The minimum atomic E-state index is 0. The molecule has 0 aromatic rings. The lowest BCUT2D eigenvalue weighted by atomic mass is 9.67. The summed E-state index contributed by atoms with van der Waals surface area (Å²) in [6.45, 7) is 10.8. The number of guanidine groups is 1. The van der Waals surface area contributed by atoms with Crippen LogP contribution in [0.1, 0.15) is 52.4 Å². The van der Waals surface area contributed by atoms with Crippen molar-refractivity contribution in [2.45, 2.75) is 52.4 Å². The fourth-order valence-electron chi connectivity index (χ4n) is 3.21. The van der Waals surface area contributed by atoms with Crippen molar-refractivity contribution >= 4 is 29.9 Å². The maximum absolute atomic E-state index is 5.26. The largest absolute Gasteiger partial charge is 0.385 e. The van der Waals surface area contributed by atoms with Gasteiger partial charge >= 0.3 is 0 Å². The van der Waals surface area contributed by atoms with Gasteiger partial charge in [-0.1, -0.05) is 20.3 Å². The van der Waals surface area contributed by atoms with Crippen LogP contribution in [-0.2, 0) is 4.74 Å². The topological polar surface area (TPSA) is 48.9 Å². The van der Waals surface area contributed by atoms with E-state index in [1.54, 1.807) is 7.11 Å². The number of ether oxygens (including phenoxy) is 1.